The van der Waals surface area contributed by atoms with Crippen LogP contribution in [0, 0.1) is 0 Å². The first kappa shape index (κ1) is 13.9. The van der Waals surface area contributed by atoms with Crippen molar-refractivity contribution in [2.45, 2.75) is 12.5 Å². The van der Waals surface area contributed by atoms with E-state index in [1.807, 2.05) is 36.0 Å². The Balaban J connectivity index is 2.53. The molecule has 5 heteroatoms. The van der Waals surface area contributed by atoms with E-state index in [0.29, 0.717) is 12.1 Å². The first-order valence-corrected chi connectivity index (χ1v) is 7.01. The fraction of sp³-hybridized carbons (Fsp3) is 0.286. The molecule has 1 heterocycles. The third-order valence-corrected chi connectivity index (χ3v) is 3.71. The van der Waals surface area contributed by atoms with Crippen LogP contribution in [-0.4, -0.2) is 30.0 Å². The average molecular weight is 278 g/mol. The highest BCUT2D eigenvalue weighted by molar-refractivity contribution is 7.08. The summed E-state index contributed by atoms with van der Waals surface area (Å²) in [4.78, 5) is 0. The van der Waals surface area contributed by atoms with Gasteiger partial charge < -0.3 is 21.3 Å². The monoisotopic (exact) mass is 278 g/mol. The second-order valence-corrected chi connectivity index (χ2v) is 5.18. The van der Waals surface area contributed by atoms with Gasteiger partial charge in [0.05, 0.1) is 12.7 Å². The predicted octanol–water partition coefficient (Wildman–Crippen LogP) is 1.93. The minimum Gasteiger partial charge on any atom is -0.399 e. The first-order valence-electron chi connectivity index (χ1n) is 6.07. The lowest BCUT2D eigenvalue weighted by Gasteiger charge is -2.17. The number of thiophene rings is 1. The van der Waals surface area contributed by atoms with Gasteiger partial charge in [0, 0.05) is 24.8 Å². The highest BCUT2D eigenvalue weighted by Crippen LogP contribution is 2.34. The molecule has 2 rings (SSSR count). The molecule has 0 saturated heterocycles. The van der Waals surface area contributed by atoms with Crippen LogP contribution in [-0.2, 0) is 6.42 Å². The Morgan fingerprint density at radius 2 is 2.21 bits per heavy atom. The van der Waals surface area contributed by atoms with Crippen LogP contribution >= 0.6 is 11.3 Å². The third kappa shape index (κ3) is 3.07. The van der Waals surface area contributed by atoms with E-state index in [1.165, 1.54) is 0 Å². The minimum atomic E-state index is -0.770. The molecule has 0 aliphatic heterocycles. The second-order valence-electron chi connectivity index (χ2n) is 4.40. The number of hydrogen-bond donors (Lipinski definition) is 4. The van der Waals surface area contributed by atoms with Gasteiger partial charge >= 0.3 is 0 Å². The summed E-state index contributed by atoms with van der Waals surface area (Å²) in [6.45, 7) is -0.253. The molecule has 0 amide bonds. The predicted molar refractivity (Wildman–Crippen MR) is 80.5 cm³/mol. The number of rotatable bonds is 5. The molecule has 19 heavy (non-hydrogen) atoms. The first-order chi connectivity index (χ1) is 9.15. The van der Waals surface area contributed by atoms with E-state index in [2.05, 4.69) is 5.32 Å². The molecule has 0 fully saturated rings. The van der Waals surface area contributed by atoms with E-state index in [1.54, 1.807) is 11.3 Å². The molecule has 0 radical (unpaired) electrons. The Morgan fingerprint density at radius 3 is 2.79 bits per heavy atom. The van der Waals surface area contributed by atoms with Crippen molar-refractivity contribution in [3.8, 4) is 11.1 Å². The summed E-state index contributed by atoms with van der Waals surface area (Å²) >= 11 is 1.61. The number of nitrogens with two attached hydrogens (primary N) is 1. The van der Waals surface area contributed by atoms with Crippen LogP contribution < -0.4 is 11.1 Å². The van der Waals surface area contributed by atoms with Gasteiger partial charge in [-0.2, -0.15) is 11.3 Å². The maximum atomic E-state index is 9.72. The largest absolute Gasteiger partial charge is 0.399 e. The van der Waals surface area contributed by atoms with E-state index in [0.717, 1.165) is 22.4 Å². The molecule has 4 nitrogen and oxygen atoms in total. The van der Waals surface area contributed by atoms with Gasteiger partial charge in [-0.05, 0) is 45.6 Å². The zero-order valence-corrected chi connectivity index (χ0v) is 11.6. The summed E-state index contributed by atoms with van der Waals surface area (Å²) in [6.07, 6.45) is -0.383. The lowest BCUT2D eigenvalue weighted by molar-refractivity contribution is 0.0957. The molecule has 1 aromatic carbocycles. The van der Waals surface area contributed by atoms with E-state index >= 15 is 0 Å². The molecular formula is C14H18N2O2S. The SMILES string of the molecule is CNc1cc(N)cc(-c2ccsc2)c1CC(O)CO. The lowest BCUT2D eigenvalue weighted by Crippen LogP contribution is -2.17. The van der Waals surface area contributed by atoms with Crippen LogP contribution in [0.3, 0.4) is 0 Å². The number of aliphatic hydroxyl groups is 2. The third-order valence-electron chi connectivity index (χ3n) is 3.02. The Labute approximate surface area is 116 Å². The summed E-state index contributed by atoms with van der Waals surface area (Å²) in [6, 6.07) is 5.77. The van der Waals surface area contributed by atoms with Gasteiger partial charge in [0.1, 0.15) is 0 Å². The molecule has 0 spiro atoms. The Morgan fingerprint density at radius 1 is 1.42 bits per heavy atom. The summed E-state index contributed by atoms with van der Waals surface area (Å²) in [5.41, 5.74) is 10.5. The van der Waals surface area contributed by atoms with Gasteiger partial charge in [-0.3, -0.25) is 0 Å². The summed E-state index contributed by atoms with van der Waals surface area (Å²) < 4.78 is 0. The zero-order chi connectivity index (χ0) is 13.8. The van der Waals surface area contributed by atoms with Crippen LogP contribution in [0.1, 0.15) is 5.56 Å². The number of anilines is 2. The maximum Gasteiger partial charge on any atom is 0.0812 e. The molecule has 0 aliphatic rings. The van der Waals surface area contributed by atoms with E-state index < -0.39 is 6.10 Å². The summed E-state index contributed by atoms with van der Waals surface area (Å²) in [5, 5.41) is 25.9. The highest BCUT2D eigenvalue weighted by Gasteiger charge is 2.15. The van der Waals surface area contributed by atoms with Gasteiger partial charge in [0.2, 0.25) is 0 Å². The molecule has 0 saturated carbocycles. The molecule has 102 valence electrons. The topological polar surface area (TPSA) is 78.5 Å². The van der Waals surface area contributed by atoms with Crippen molar-refractivity contribution in [3.63, 3.8) is 0 Å². The highest BCUT2D eigenvalue weighted by atomic mass is 32.1. The van der Waals surface area contributed by atoms with Crippen molar-refractivity contribution in [1.29, 1.82) is 0 Å². The molecule has 0 bridgehead atoms. The minimum absolute atomic E-state index is 0.253. The number of benzene rings is 1. The molecule has 1 unspecified atom stereocenters. The molecule has 2 aromatic rings. The van der Waals surface area contributed by atoms with Gasteiger partial charge in [-0.15, -0.1) is 0 Å². The van der Waals surface area contributed by atoms with Crippen molar-refractivity contribution in [2.75, 3.05) is 24.7 Å². The number of nitrogens with one attached hydrogen (secondary N) is 1. The van der Waals surface area contributed by atoms with Crippen molar-refractivity contribution >= 4 is 22.7 Å². The lowest BCUT2D eigenvalue weighted by atomic mass is 9.95. The Bertz CT molecular complexity index is 541. The molecular weight excluding hydrogens is 260 g/mol. The number of aliphatic hydroxyl groups excluding tert-OH is 2. The maximum absolute atomic E-state index is 9.72. The fourth-order valence-corrected chi connectivity index (χ4v) is 2.77. The molecule has 1 atom stereocenters. The standard InChI is InChI=1S/C14H18N2O2S/c1-16-14-5-10(15)4-12(9-2-3-19-8-9)13(14)6-11(18)7-17/h2-5,8,11,16-18H,6-7,15H2,1H3. The summed E-state index contributed by atoms with van der Waals surface area (Å²) in [7, 11) is 1.82. The number of nitrogen functional groups attached to an aromatic ring is 1. The van der Waals surface area contributed by atoms with Crippen LogP contribution in [0.4, 0.5) is 11.4 Å². The van der Waals surface area contributed by atoms with Gasteiger partial charge in [-0.25, -0.2) is 0 Å². The van der Waals surface area contributed by atoms with Gasteiger partial charge in [-0.1, -0.05) is 0 Å². The average Bonchev–Trinajstić information content (AvgIpc) is 2.93. The zero-order valence-electron chi connectivity index (χ0n) is 10.8. The molecule has 5 N–H and O–H groups in total. The van der Waals surface area contributed by atoms with Crippen molar-refractivity contribution < 1.29 is 10.2 Å². The van der Waals surface area contributed by atoms with Crippen molar-refractivity contribution in [3.05, 3.63) is 34.5 Å². The molecule has 0 aliphatic carbocycles. The van der Waals surface area contributed by atoms with E-state index in [9.17, 15) is 5.11 Å². The van der Waals surface area contributed by atoms with Gasteiger partial charge in [0.25, 0.3) is 0 Å². The Hall–Kier alpha value is -1.56. The summed E-state index contributed by atoms with van der Waals surface area (Å²) in [5.74, 6) is 0. The van der Waals surface area contributed by atoms with Crippen LogP contribution in [0.2, 0.25) is 0 Å². The molecule has 1 aromatic heterocycles. The van der Waals surface area contributed by atoms with Gasteiger partial charge in [0.15, 0.2) is 0 Å². The second kappa shape index (κ2) is 6.06. The number of hydrogen-bond acceptors (Lipinski definition) is 5. The van der Waals surface area contributed by atoms with Crippen molar-refractivity contribution in [1.82, 2.24) is 0 Å². The Kier molecular flexibility index (Phi) is 4.42. The van der Waals surface area contributed by atoms with E-state index in [-0.39, 0.29) is 6.61 Å². The van der Waals surface area contributed by atoms with Crippen molar-refractivity contribution in [2.24, 2.45) is 0 Å². The fourth-order valence-electron chi connectivity index (χ4n) is 2.11. The quantitative estimate of drug-likeness (QED) is 0.630. The van der Waals surface area contributed by atoms with E-state index in [4.69, 9.17) is 10.8 Å². The smallest absolute Gasteiger partial charge is 0.0812 e. The normalized spacial score (nSPS) is 12.4. The van der Waals surface area contributed by atoms with Crippen LogP contribution in [0.5, 0.6) is 0 Å². The van der Waals surface area contributed by atoms with Crippen LogP contribution in [0.25, 0.3) is 11.1 Å². The van der Waals surface area contributed by atoms with Crippen LogP contribution in [0.15, 0.2) is 29.0 Å².